The highest BCUT2D eigenvalue weighted by molar-refractivity contribution is 5.85. The molecule has 1 aliphatic carbocycles. The lowest BCUT2D eigenvalue weighted by atomic mass is 9.76. The quantitative estimate of drug-likeness (QED) is 0.289. The van der Waals surface area contributed by atoms with Crippen molar-refractivity contribution in [3.63, 3.8) is 0 Å². The summed E-state index contributed by atoms with van der Waals surface area (Å²) in [5.74, 6) is 0.228. The molecule has 30 heavy (non-hydrogen) atoms. The topological polar surface area (TPSA) is 9.23 Å². The lowest BCUT2D eigenvalue weighted by Gasteiger charge is -2.29. The van der Waals surface area contributed by atoms with Crippen LogP contribution in [0.2, 0.25) is 0 Å². The number of hydrogen-bond acceptors (Lipinski definition) is 1. The van der Waals surface area contributed by atoms with Crippen LogP contribution < -0.4 is 4.74 Å². The van der Waals surface area contributed by atoms with Crippen molar-refractivity contribution in [3.8, 4) is 5.75 Å². The van der Waals surface area contributed by atoms with E-state index in [1.54, 1.807) is 12.1 Å². The van der Waals surface area contributed by atoms with E-state index in [1.165, 1.54) is 63.0 Å². The van der Waals surface area contributed by atoms with Crippen LogP contribution in [0.25, 0.3) is 10.8 Å². The number of hydrogen-bond donors (Lipinski definition) is 0. The van der Waals surface area contributed by atoms with E-state index >= 15 is 0 Å². The van der Waals surface area contributed by atoms with Gasteiger partial charge in [0.2, 0.25) is 0 Å². The van der Waals surface area contributed by atoms with Crippen LogP contribution in [0.3, 0.4) is 0 Å². The van der Waals surface area contributed by atoms with Crippen LogP contribution in [0.1, 0.15) is 82.6 Å². The molecule has 0 radical (unpaired) electrons. The SMILES string of the molecule is CCCCCCCC1CCC(c2ccc3c(F)c(OCC(F)(F)F)ccc3c2)CC1. The van der Waals surface area contributed by atoms with E-state index in [0.717, 1.165) is 18.8 Å². The van der Waals surface area contributed by atoms with E-state index in [-0.39, 0.29) is 5.75 Å². The Morgan fingerprint density at radius 3 is 2.37 bits per heavy atom. The molecule has 0 bridgehead atoms. The fraction of sp³-hybridized carbons (Fsp3) is 0.600. The molecule has 0 spiro atoms. The maximum Gasteiger partial charge on any atom is 0.422 e. The van der Waals surface area contributed by atoms with Crippen molar-refractivity contribution in [2.75, 3.05) is 6.61 Å². The molecule has 1 saturated carbocycles. The molecular formula is C25H32F4O. The third kappa shape index (κ3) is 6.36. The maximum atomic E-state index is 14.6. The van der Waals surface area contributed by atoms with Crippen LogP contribution in [0.15, 0.2) is 30.3 Å². The van der Waals surface area contributed by atoms with Crippen LogP contribution in [0, 0.1) is 11.7 Å². The van der Waals surface area contributed by atoms with Gasteiger partial charge in [-0.3, -0.25) is 0 Å². The van der Waals surface area contributed by atoms with Gasteiger partial charge >= 0.3 is 6.18 Å². The van der Waals surface area contributed by atoms with Gasteiger partial charge in [-0.05, 0) is 54.5 Å². The predicted molar refractivity (Wildman–Crippen MR) is 114 cm³/mol. The zero-order valence-electron chi connectivity index (χ0n) is 17.7. The molecular weight excluding hydrogens is 392 g/mol. The average molecular weight is 425 g/mol. The van der Waals surface area contributed by atoms with E-state index in [0.29, 0.717) is 16.7 Å². The third-order valence-corrected chi connectivity index (χ3v) is 6.37. The minimum atomic E-state index is -4.49. The molecule has 0 atom stereocenters. The Hall–Kier alpha value is -1.78. The highest BCUT2D eigenvalue weighted by atomic mass is 19.4. The smallest absolute Gasteiger partial charge is 0.422 e. The predicted octanol–water partition coefficient (Wildman–Crippen LogP) is 8.55. The minimum absolute atomic E-state index is 0.305. The van der Waals surface area contributed by atoms with Gasteiger partial charge in [0.05, 0.1) is 0 Å². The Bertz CT molecular complexity index is 807. The number of rotatable bonds is 9. The van der Waals surface area contributed by atoms with E-state index in [4.69, 9.17) is 0 Å². The molecule has 1 aliphatic rings. The van der Waals surface area contributed by atoms with E-state index in [9.17, 15) is 17.6 Å². The summed E-state index contributed by atoms with van der Waals surface area (Å²) in [5.41, 5.74) is 1.20. The summed E-state index contributed by atoms with van der Waals surface area (Å²) in [6.07, 6.45) is 8.29. The van der Waals surface area contributed by atoms with Gasteiger partial charge in [-0.2, -0.15) is 13.2 Å². The van der Waals surface area contributed by atoms with Gasteiger partial charge < -0.3 is 4.74 Å². The molecule has 0 N–H and O–H groups in total. The Balaban J connectivity index is 1.57. The highest BCUT2D eigenvalue weighted by Crippen LogP contribution is 2.39. The van der Waals surface area contributed by atoms with Crippen LogP contribution in [0.5, 0.6) is 5.75 Å². The standard InChI is InChI=1S/C25H32F4O/c1-2-3-4-5-6-7-18-8-10-19(11-9-18)20-12-14-22-21(16-20)13-15-23(24(22)26)30-17-25(27,28)29/h12-16,18-19H,2-11,17H2,1H3. The van der Waals surface area contributed by atoms with Gasteiger partial charge in [0.15, 0.2) is 18.2 Å². The summed E-state index contributed by atoms with van der Waals surface area (Å²) in [7, 11) is 0. The van der Waals surface area contributed by atoms with Crippen LogP contribution in [0.4, 0.5) is 17.6 Å². The third-order valence-electron chi connectivity index (χ3n) is 6.37. The van der Waals surface area contributed by atoms with E-state index in [2.05, 4.69) is 11.7 Å². The second-order valence-electron chi connectivity index (χ2n) is 8.68. The average Bonchev–Trinajstić information content (AvgIpc) is 2.73. The fourth-order valence-corrected chi connectivity index (χ4v) is 4.64. The van der Waals surface area contributed by atoms with E-state index < -0.39 is 18.6 Å². The lowest BCUT2D eigenvalue weighted by molar-refractivity contribution is -0.153. The summed E-state index contributed by atoms with van der Waals surface area (Å²) >= 11 is 0. The molecule has 3 rings (SSSR count). The summed E-state index contributed by atoms with van der Waals surface area (Å²) in [5, 5.41) is 1.02. The van der Waals surface area contributed by atoms with Crippen molar-refractivity contribution in [1.29, 1.82) is 0 Å². The molecule has 1 nitrogen and oxygen atoms in total. The molecule has 2 aromatic carbocycles. The number of halogens is 4. The monoisotopic (exact) mass is 424 g/mol. The first-order valence-corrected chi connectivity index (χ1v) is 11.3. The van der Waals surface area contributed by atoms with Crippen molar-refractivity contribution in [1.82, 2.24) is 0 Å². The minimum Gasteiger partial charge on any atom is -0.481 e. The van der Waals surface area contributed by atoms with Gasteiger partial charge in [-0.15, -0.1) is 0 Å². The van der Waals surface area contributed by atoms with E-state index in [1.807, 2.05) is 12.1 Å². The van der Waals surface area contributed by atoms with Gasteiger partial charge in [0.25, 0.3) is 0 Å². The van der Waals surface area contributed by atoms with Crippen molar-refractivity contribution in [2.24, 2.45) is 5.92 Å². The van der Waals surface area contributed by atoms with Crippen molar-refractivity contribution in [2.45, 2.75) is 83.2 Å². The van der Waals surface area contributed by atoms with Crippen LogP contribution in [-0.2, 0) is 0 Å². The Kier molecular flexibility index (Phi) is 8.01. The van der Waals surface area contributed by atoms with Gasteiger partial charge in [-0.25, -0.2) is 4.39 Å². The number of benzene rings is 2. The summed E-state index contributed by atoms with van der Waals surface area (Å²) in [6, 6.07) is 8.54. The van der Waals surface area contributed by atoms with Gasteiger partial charge in [-0.1, -0.05) is 69.7 Å². The van der Waals surface area contributed by atoms with Crippen LogP contribution >= 0.6 is 0 Å². The normalized spacial score (nSPS) is 19.9. The first-order chi connectivity index (χ1) is 14.4. The zero-order valence-corrected chi connectivity index (χ0v) is 17.7. The fourth-order valence-electron chi connectivity index (χ4n) is 4.64. The molecule has 1 fully saturated rings. The molecule has 0 amide bonds. The number of alkyl halides is 3. The second-order valence-corrected chi connectivity index (χ2v) is 8.68. The first-order valence-electron chi connectivity index (χ1n) is 11.3. The van der Waals surface area contributed by atoms with Crippen molar-refractivity contribution in [3.05, 3.63) is 41.7 Å². The maximum absolute atomic E-state index is 14.6. The van der Waals surface area contributed by atoms with Crippen molar-refractivity contribution < 1.29 is 22.3 Å². The molecule has 0 saturated heterocycles. The largest absolute Gasteiger partial charge is 0.481 e. The molecule has 0 aromatic heterocycles. The summed E-state index contributed by atoms with van der Waals surface area (Å²) in [6.45, 7) is 0.748. The van der Waals surface area contributed by atoms with Crippen LogP contribution in [-0.4, -0.2) is 12.8 Å². The second kappa shape index (κ2) is 10.5. The molecule has 0 heterocycles. The number of ether oxygens (including phenoxy) is 1. The molecule has 0 unspecified atom stereocenters. The summed E-state index contributed by atoms with van der Waals surface area (Å²) in [4.78, 5) is 0. The molecule has 2 aromatic rings. The first kappa shape index (κ1) is 22.9. The Morgan fingerprint density at radius 1 is 0.933 bits per heavy atom. The number of unbranched alkanes of at least 4 members (excludes halogenated alkanes) is 4. The van der Waals surface area contributed by atoms with Gasteiger partial charge in [0, 0.05) is 5.39 Å². The summed E-state index contributed by atoms with van der Waals surface area (Å²) < 4.78 is 56.2. The zero-order chi connectivity index (χ0) is 21.6. The van der Waals surface area contributed by atoms with Crippen molar-refractivity contribution >= 4 is 10.8 Å². The molecule has 166 valence electrons. The highest BCUT2D eigenvalue weighted by Gasteiger charge is 2.29. The lowest BCUT2D eigenvalue weighted by Crippen LogP contribution is -2.19. The van der Waals surface area contributed by atoms with Gasteiger partial charge in [0.1, 0.15) is 0 Å². The Morgan fingerprint density at radius 2 is 1.67 bits per heavy atom. The molecule has 5 heteroatoms. The number of fused-ring (bicyclic) bond motifs is 1. The molecule has 0 aliphatic heterocycles. The Labute approximate surface area is 176 Å².